The van der Waals surface area contributed by atoms with Crippen LogP contribution in [-0.2, 0) is 9.59 Å². The van der Waals surface area contributed by atoms with Crippen LogP contribution in [0.3, 0.4) is 0 Å². The van der Waals surface area contributed by atoms with Crippen molar-refractivity contribution in [3.63, 3.8) is 0 Å². The smallest absolute Gasteiger partial charge is 0.323 e. The lowest BCUT2D eigenvalue weighted by atomic mass is 10.00. The molecule has 0 spiro atoms. The number of phenols is 1. The molecule has 0 unspecified atom stereocenters. The molecule has 3 rings (SSSR count). The number of nitrogens with zero attached hydrogens (tertiary/aromatic N) is 2. The van der Waals surface area contributed by atoms with Gasteiger partial charge in [0.05, 0.1) is 11.4 Å². The first kappa shape index (κ1) is 16.0. The van der Waals surface area contributed by atoms with E-state index in [2.05, 4.69) is 4.99 Å². The van der Waals surface area contributed by atoms with Crippen LogP contribution in [0, 0.1) is 0 Å². The number of carboxylic acids is 1. The summed E-state index contributed by atoms with van der Waals surface area (Å²) in [6.07, 6.45) is 0. The highest BCUT2D eigenvalue weighted by atomic mass is 35.5. The van der Waals surface area contributed by atoms with E-state index in [1.165, 1.54) is 12.1 Å². The number of phenolic OH excluding ortho intramolecular Hbond substituents is 1. The zero-order valence-corrected chi connectivity index (χ0v) is 13.2. The zero-order chi connectivity index (χ0) is 17.3. The Balaban J connectivity index is 2.19. The molecule has 2 N–H and O–H groups in total. The Labute approximate surface area is 142 Å². The Morgan fingerprint density at radius 2 is 2.04 bits per heavy atom. The van der Waals surface area contributed by atoms with Crippen LogP contribution >= 0.6 is 11.6 Å². The van der Waals surface area contributed by atoms with Crippen molar-refractivity contribution in [1.82, 2.24) is 0 Å². The van der Waals surface area contributed by atoms with E-state index in [0.717, 1.165) is 4.90 Å². The number of carbonyl (C=O) groups excluding carboxylic acids is 1. The number of benzene rings is 2. The van der Waals surface area contributed by atoms with E-state index in [-0.39, 0.29) is 12.3 Å². The van der Waals surface area contributed by atoms with Gasteiger partial charge in [-0.2, -0.15) is 0 Å². The summed E-state index contributed by atoms with van der Waals surface area (Å²) >= 11 is 6.03. The molecule has 0 bridgehead atoms. The van der Waals surface area contributed by atoms with Gasteiger partial charge in [-0.1, -0.05) is 23.7 Å². The summed E-state index contributed by atoms with van der Waals surface area (Å²) in [5, 5.41) is 19.2. The number of halogens is 1. The van der Waals surface area contributed by atoms with Gasteiger partial charge in [0.1, 0.15) is 18.8 Å². The van der Waals surface area contributed by atoms with Crippen molar-refractivity contribution in [3.05, 3.63) is 58.6 Å². The Morgan fingerprint density at radius 3 is 2.75 bits per heavy atom. The fraction of sp³-hybridized carbons (Fsp3) is 0.118. The maximum atomic E-state index is 12.3. The van der Waals surface area contributed by atoms with Crippen LogP contribution in [0.2, 0.25) is 5.02 Å². The van der Waals surface area contributed by atoms with Crippen LogP contribution in [0.4, 0.5) is 5.69 Å². The molecule has 2 aromatic rings. The van der Waals surface area contributed by atoms with Gasteiger partial charge in [-0.3, -0.25) is 19.5 Å². The lowest BCUT2D eigenvalue weighted by Gasteiger charge is -2.21. The third-order valence-electron chi connectivity index (χ3n) is 3.59. The van der Waals surface area contributed by atoms with Gasteiger partial charge in [-0.05, 0) is 30.3 Å². The average Bonchev–Trinajstić information content (AvgIpc) is 2.65. The normalized spacial score (nSPS) is 14.0. The molecule has 0 radical (unpaired) electrons. The van der Waals surface area contributed by atoms with Crippen LogP contribution in [0.25, 0.3) is 0 Å². The molecule has 1 aliphatic rings. The summed E-state index contributed by atoms with van der Waals surface area (Å²) in [5.74, 6) is -1.49. The first-order chi connectivity index (χ1) is 11.5. The summed E-state index contributed by atoms with van der Waals surface area (Å²) in [5.41, 5.74) is 2.09. The average molecular weight is 345 g/mol. The maximum Gasteiger partial charge on any atom is 0.323 e. The molecule has 0 saturated heterocycles. The molecule has 1 amide bonds. The van der Waals surface area contributed by atoms with Crippen molar-refractivity contribution in [2.45, 2.75) is 0 Å². The highest BCUT2D eigenvalue weighted by Gasteiger charge is 2.27. The summed E-state index contributed by atoms with van der Waals surface area (Å²) in [6, 6.07) is 11.4. The largest absolute Gasteiger partial charge is 0.508 e. The monoisotopic (exact) mass is 344 g/mol. The lowest BCUT2D eigenvalue weighted by Crippen LogP contribution is -2.37. The van der Waals surface area contributed by atoms with Crippen LogP contribution < -0.4 is 4.90 Å². The number of aromatic hydroxyl groups is 1. The second kappa shape index (κ2) is 6.33. The van der Waals surface area contributed by atoms with Crippen LogP contribution in [0.1, 0.15) is 11.1 Å². The fourth-order valence-corrected chi connectivity index (χ4v) is 2.75. The molecule has 0 aromatic heterocycles. The highest BCUT2D eigenvalue weighted by molar-refractivity contribution is 6.31. The molecular formula is C17H13ClN2O4. The third-order valence-corrected chi connectivity index (χ3v) is 3.83. The number of rotatable bonds is 3. The van der Waals surface area contributed by atoms with Crippen molar-refractivity contribution in [1.29, 1.82) is 0 Å². The predicted molar refractivity (Wildman–Crippen MR) is 90.1 cm³/mol. The molecule has 2 aromatic carbocycles. The van der Waals surface area contributed by atoms with Gasteiger partial charge < -0.3 is 10.2 Å². The van der Waals surface area contributed by atoms with Gasteiger partial charge in [0.2, 0.25) is 5.91 Å². The number of hydrogen-bond acceptors (Lipinski definition) is 4. The first-order valence-corrected chi connectivity index (χ1v) is 7.49. The Morgan fingerprint density at radius 1 is 1.25 bits per heavy atom. The molecule has 122 valence electrons. The number of benzodiazepines with no additional fused rings is 1. The van der Waals surface area contributed by atoms with E-state index in [1.54, 1.807) is 30.3 Å². The third kappa shape index (κ3) is 3.09. The second-order valence-corrected chi connectivity index (χ2v) is 5.69. The molecule has 7 heteroatoms. The van der Waals surface area contributed by atoms with Crippen molar-refractivity contribution in [3.8, 4) is 5.75 Å². The lowest BCUT2D eigenvalue weighted by molar-refractivity contribution is -0.136. The SMILES string of the molecule is O=C(O)CN1C(=O)CN=C(c2cccc(O)c2)c2ccc(Cl)cc21. The highest BCUT2D eigenvalue weighted by Crippen LogP contribution is 2.30. The van der Waals surface area contributed by atoms with Crippen LogP contribution in [0.5, 0.6) is 5.75 Å². The summed E-state index contributed by atoms with van der Waals surface area (Å²) in [6.45, 7) is -0.667. The minimum atomic E-state index is -1.13. The number of carbonyl (C=O) groups is 2. The molecule has 0 atom stereocenters. The van der Waals surface area contributed by atoms with E-state index < -0.39 is 18.4 Å². The van der Waals surface area contributed by atoms with E-state index in [9.17, 15) is 14.7 Å². The summed E-state index contributed by atoms with van der Waals surface area (Å²) in [7, 11) is 0. The first-order valence-electron chi connectivity index (χ1n) is 7.11. The van der Waals surface area contributed by atoms with E-state index in [4.69, 9.17) is 16.7 Å². The number of hydrogen-bond donors (Lipinski definition) is 2. The molecule has 24 heavy (non-hydrogen) atoms. The van der Waals surface area contributed by atoms with Gasteiger partial charge >= 0.3 is 5.97 Å². The number of amides is 1. The quantitative estimate of drug-likeness (QED) is 0.894. The van der Waals surface area contributed by atoms with Gasteiger partial charge in [0.25, 0.3) is 0 Å². The van der Waals surface area contributed by atoms with Crippen molar-refractivity contribution in [2.24, 2.45) is 4.99 Å². The van der Waals surface area contributed by atoms with E-state index in [1.807, 2.05) is 0 Å². The molecule has 1 heterocycles. The van der Waals surface area contributed by atoms with Crippen LogP contribution in [-0.4, -0.2) is 40.9 Å². The standard InChI is InChI=1S/C17H13ClN2O4/c18-11-4-5-13-14(7-11)20(9-16(23)24)15(22)8-19-17(13)10-2-1-3-12(21)6-10/h1-7,21H,8-9H2,(H,23,24). The van der Waals surface area contributed by atoms with Gasteiger partial charge in [0.15, 0.2) is 0 Å². The zero-order valence-electron chi connectivity index (χ0n) is 12.4. The Kier molecular flexibility index (Phi) is 4.22. The summed E-state index contributed by atoms with van der Waals surface area (Å²) in [4.78, 5) is 28.9. The van der Waals surface area contributed by atoms with Gasteiger partial charge in [-0.25, -0.2) is 0 Å². The van der Waals surface area contributed by atoms with Crippen LogP contribution in [0.15, 0.2) is 47.5 Å². The Hall–Kier alpha value is -2.86. The van der Waals surface area contributed by atoms with Crippen molar-refractivity contribution < 1.29 is 19.8 Å². The van der Waals surface area contributed by atoms with Crippen molar-refractivity contribution >= 4 is 34.9 Å². The summed E-state index contributed by atoms with van der Waals surface area (Å²) < 4.78 is 0. The molecule has 1 aliphatic heterocycles. The minimum Gasteiger partial charge on any atom is -0.508 e. The molecule has 0 fully saturated rings. The Bertz CT molecular complexity index is 863. The van der Waals surface area contributed by atoms with Gasteiger partial charge in [-0.15, -0.1) is 0 Å². The topological polar surface area (TPSA) is 90.2 Å². The van der Waals surface area contributed by atoms with Crippen molar-refractivity contribution in [2.75, 3.05) is 18.0 Å². The number of carboxylic acid groups (broad SMARTS) is 1. The molecule has 0 saturated carbocycles. The maximum absolute atomic E-state index is 12.3. The number of aliphatic carboxylic acids is 1. The van der Waals surface area contributed by atoms with E-state index >= 15 is 0 Å². The minimum absolute atomic E-state index is 0.0729. The number of aliphatic imine (C=N–C) groups is 1. The van der Waals surface area contributed by atoms with E-state index in [0.29, 0.717) is 27.5 Å². The predicted octanol–water partition coefficient (Wildman–Crippen LogP) is 2.31. The molecular weight excluding hydrogens is 332 g/mol. The van der Waals surface area contributed by atoms with Gasteiger partial charge in [0, 0.05) is 16.1 Å². The molecule has 0 aliphatic carbocycles. The number of anilines is 1. The second-order valence-electron chi connectivity index (χ2n) is 5.25. The fourth-order valence-electron chi connectivity index (χ4n) is 2.59. The molecule has 6 nitrogen and oxygen atoms in total. The number of fused-ring (bicyclic) bond motifs is 1.